The number of carbonyl (C=O) groups excluding carboxylic acids is 1. The minimum absolute atomic E-state index is 0.175. The Bertz CT molecular complexity index is 1740. The average molecular weight is 553 g/mol. The molecule has 0 aliphatic carbocycles. The van der Waals surface area contributed by atoms with E-state index in [2.05, 4.69) is 21.6 Å². The highest BCUT2D eigenvalue weighted by Crippen LogP contribution is 2.48. The Morgan fingerprint density at radius 1 is 0.825 bits per heavy atom. The van der Waals surface area contributed by atoms with Crippen molar-refractivity contribution in [2.75, 3.05) is 31.1 Å². The molecular formula is C34H33ClN2O3. The lowest BCUT2D eigenvalue weighted by Crippen LogP contribution is -2.41. The maximum atomic E-state index is 12.5. The van der Waals surface area contributed by atoms with Crippen molar-refractivity contribution in [1.82, 2.24) is 4.58 Å². The molecule has 0 aromatic heterocycles. The molecule has 3 aromatic rings. The SMILES string of the molecule is O=C([O-])c1ccc(Cl)cc1C1=c2cc3c4c(c2Oc2c1cc1c5c2CCCN5CCCC1)CCC[N+]=4CCCC3. The molecule has 0 radical (unpaired) electrons. The third kappa shape index (κ3) is 3.66. The monoisotopic (exact) mass is 552 g/mol. The van der Waals surface area contributed by atoms with Gasteiger partial charge in [-0.2, -0.15) is 0 Å². The van der Waals surface area contributed by atoms with E-state index in [4.69, 9.17) is 16.3 Å². The van der Waals surface area contributed by atoms with Crippen molar-refractivity contribution in [3.8, 4) is 11.5 Å². The molecule has 0 bridgehead atoms. The predicted molar refractivity (Wildman–Crippen MR) is 155 cm³/mol. The molecule has 5 heterocycles. The number of rotatable bonds is 2. The fourth-order valence-corrected chi connectivity index (χ4v) is 8.19. The molecule has 8 rings (SSSR count). The van der Waals surface area contributed by atoms with Crippen molar-refractivity contribution in [1.29, 1.82) is 0 Å². The number of carboxylic acids is 1. The summed E-state index contributed by atoms with van der Waals surface area (Å²) in [4.78, 5) is 15.1. The molecule has 204 valence electrons. The lowest BCUT2D eigenvalue weighted by atomic mass is 9.83. The lowest BCUT2D eigenvalue weighted by Gasteiger charge is -2.35. The molecule has 0 saturated carbocycles. The highest BCUT2D eigenvalue weighted by molar-refractivity contribution is 6.31. The molecular weight excluding hydrogens is 520 g/mol. The molecule has 3 aromatic carbocycles. The maximum absolute atomic E-state index is 12.5. The summed E-state index contributed by atoms with van der Waals surface area (Å²) < 4.78 is 9.68. The van der Waals surface area contributed by atoms with Gasteiger partial charge in [0.25, 0.3) is 0 Å². The van der Waals surface area contributed by atoms with Crippen LogP contribution in [0, 0.1) is 0 Å². The molecule has 5 aliphatic rings. The van der Waals surface area contributed by atoms with Crippen molar-refractivity contribution in [2.24, 2.45) is 0 Å². The number of ether oxygens (including phenoxy) is 1. The minimum Gasteiger partial charge on any atom is -0.545 e. The summed E-state index contributed by atoms with van der Waals surface area (Å²) in [5.41, 5.74) is 9.38. The van der Waals surface area contributed by atoms with Crippen LogP contribution in [0.3, 0.4) is 0 Å². The number of fused-ring (bicyclic) bond motifs is 4. The van der Waals surface area contributed by atoms with Crippen molar-refractivity contribution < 1.29 is 14.6 Å². The summed E-state index contributed by atoms with van der Waals surface area (Å²) in [6.45, 7) is 4.34. The van der Waals surface area contributed by atoms with E-state index in [9.17, 15) is 9.90 Å². The predicted octanol–water partition coefficient (Wildman–Crippen LogP) is 3.92. The van der Waals surface area contributed by atoms with Crippen LogP contribution in [0.1, 0.15) is 82.3 Å². The van der Waals surface area contributed by atoms with Gasteiger partial charge in [-0.1, -0.05) is 17.7 Å². The number of nitrogens with zero attached hydrogens (tertiary/aromatic N) is 2. The number of aromatic carboxylic acids is 1. The van der Waals surface area contributed by atoms with Crippen LogP contribution in [-0.2, 0) is 25.7 Å². The second kappa shape index (κ2) is 9.37. The van der Waals surface area contributed by atoms with E-state index in [1.54, 1.807) is 12.1 Å². The molecule has 5 nitrogen and oxygen atoms in total. The average Bonchev–Trinajstić information content (AvgIpc) is 3.30. The molecule has 0 saturated heterocycles. The largest absolute Gasteiger partial charge is 0.545 e. The molecule has 0 spiro atoms. The Balaban J connectivity index is 1.54. The van der Waals surface area contributed by atoms with Gasteiger partial charge in [-0.3, -0.25) is 0 Å². The van der Waals surface area contributed by atoms with E-state index in [-0.39, 0.29) is 5.56 Å². The number of carboxylic acid groups (broad SMARTS) is 1. The Kier molecular flexibility index (Phi) is 5.74. The van der Waals surface area contributed by atoms with E-state index in [0.29, 0.717) is 10.6 Å². The zero-order valence-corrected chi connectivity index (χ0v) is 23.5. The first-order valence-electron chi connectivity index (χ1n) is 15.0. The molecule has 0 unspecified atom stereocenters. The lowest BCUT2D eigenvalue weighted by molar-refractivity contribution is -0.255. The van der Waals surface area contributed by atoms with Gasteiger partial charge in [-0.05, 0) is 86.8 Å². The first-order valence-corrected chi connectivity index (χ1v) is 15.4. The van der Waals surface area contributed by atoms with Crippen LogP contribution in [0.5, 0.6) is 11.5 Å². The molecule has 0 fully saturated rings. The van der Waals surface area contributed by atoms with Gasteiger partial charge in [-0.15, -0.1) is 0 Å². The Morgan fingerprint density at radius 2 is 1.62 bits per heavy atom. The zero-order chi connectivity index (χ0) is 27.0. The van der Waals surface area contributed by atoms with E-state index in [1.165, 1.54) is 46.1 Å². The Morgan fingerprint density at radius 3 is 2.52 bits per heavy atom. The summed E-state index contributed by atoms with van der Waals surface area (Å²) in [5.74, 6) is 0.649. The van der Waals surface area contributed by atoms with Gasteiger partial charge in [-0.25, -0.2) is 4.58 Å². The van der Waals surface area contributed by atoms with Crippen LogP contribution in [0.2, 0.25) is 5.02 Å². The van der Waals surface area contributed by atoms with Gasteiger partial charge in [0.1, 0.15) is 24.6 Å². The smallest absolute Gasteiger partial charge is 0.210 e. The molecule has 0 N–H and O–H groups in total. The quantitative estimate of drug-likeness (QED) is 0.354. The van der Waals surface area contributed by atoms with E-state index < -0.39 is 5.97 Å². The summed E-state index contributed by atoms with van der Waals surface area (Å²) in [6.07, 6.45) is 10.9. The molecule has 6 heteroatoms. The molecule has 0 atom stereocenters. The van der Waals surface area contributed by atoms with Crippen LogP contribution in [0.25, 0.3) is 5.57 Å². The zero-order valence-electron chi connectivity index (χ0n) is 22.8. The highest BCUT2D eigenvalue weighted by Gasteiger charge is 2.35. The molecule has 5 aliphatic heterocycles. The maximum Gasteiger partial charge on any atom is 0.210 e. The topological polar surface area (TPSA) is 55.6 Å². The third-order valence-corrected chi connectivity index (χ3v) is 9.89. The third-order valence-electron chi connectivity index (χ3n) is 9.66. The fourth-order valence-electron chi connectivity index (χ4n) is 8.02. The van der Waals surface area contributed by atoms with Gasteiger partial charge < -0.3 is 19.5 Å². The first-order chi connectivity index (χ1) is 19.6. The summed E-state index contributed by atoms with van der Waals surface area (Å²) in [6, 6.07) is 9.67. The van der Waals surface area contributed by atoms with Gasteiger partial charge in [0.2, 0.25) is 5.36 Å². The van der Waals surface area contributed by atoms with Gasteiger partial charge in [0.15, 0.2) is 0 Å². The number of halogens is 1. The molecule has 0 amide bonds. The number of carbonyl (C=O) groups is 1. The number of anilines is 1. The fraction of sp³-hybridized carbons (Fsp3) is 0.412. The van der Waals surface area contributed by atoms with Crippen LogP contribution < -0.4 is 29.9 Å². The summed E-state index contributed by atoms with van der Waals surface area (Å²) >= 11 is 6.57. The number of aryl methyl sites for hydroxylation is 2. The van der Waals surface area contributed by atoms with Crippen LogP contribution in [0.4, 0.5) is 5.69 Å². The van der Waals surface area contributed by atoms with Gasteiger partial charge in [0.05, 0.1) is 11.5 Å². The van der Waals surface area contributed by atoms with E-state index >= 15 is 0 Å². The van der Waals surface area contributed by atoms with Crippen molar-refractivity contribution in [3.05, 3.63) is 84.9 Å². The number of hydrogen-bond acceptors (Lipinski definition) is 4. The second-order valence-electron chi connectivity index (χ2n) is 12.0. The van der Waals surface area contributed by atoms with E-state index in [0.717, 1.165) is 105 Å². The highest BCUT2D eigenvalue weighted by atomic mass is 35.5. The molecule has 40 heavy (non-hydrogen) atoms. The van der Waals surface area contributed by atoms with Gasteiger partial charge >= 0.3 is 0 Å². The standard InChI is InChI=1S/C34H33ClN2O3/c35-22-11-12-23(34(38)39)26(19-22)29-27-17-20-7-1-3-13-36-15-5-9-24(30(20)36)32(27)40-33-25-10-6-16-37-14-4-2-8-21(31(25)37)18-28(29)33/h11-12,17-19H,1-10,13-16H2. The first kappa shape index (κ1) is 24.5. The number of benzene rings is 3. The van der Waals surface area contributed by atoms with Crippen molar-refractivity contribution in [2.45, 2.75) is 64.2 Å². The summed E-state index contributed by atoms with van der Waals surface area (Å²) in [7, 11) is 0. The van der Waals surface area contributed by atoms with Crippen molar-refractivity contribution in [3.63, 3.8) is 0 Å². The van der Waals surface area contributed by atoms with Crippen LogP contribution in [0.15, 0.2) is 30.3 Å². The van der Waals surface area contributed by atoms with Crippen molar-refractivity contribution >= 4 is 28.8 Å². The van der Waals surface area contributed by atoms with E-state index in [1.807, 2.05) is 6.07 Å². The number of hydrogen-bond donors (Lipinski definition) is 0. The summed E-state index contributed by atoms with van der Waals surface area (Å²) in [5, 5.41) is 15.4. The van der Waals surface area contributed by atoms with Crippen LogP contribution in [-0.4, -0.2) is 32.1 Å². The normalized spacial score (nSPS) is 19.0. The van der Waals surface area contributed by atoms with Crippen LogP contribution >= 0.6 is 11.6 Å². The van der Waals surface area contributed by atoms with Gasteiger partial charge in [0, 0.05) is 69.7 Å². The Labute approximate surface area is 239 Å². The minimum atomic E-state index is -1.18. The second-order valence-corrected chi connectivity index (χ2v) is 12.5. The Hall–Kier alpha value is -3.31.